The lowest BCUT2D eigenvalue weighted by Gasteiger charge is -2.08. The number of rotatable bonds is 3. The molecule has 0 saturated heterocycles. The normalized spacial score (nSPS) is 10.6. The van der Waals surface area contributed by atoms with Crippen LogP contribution in [0.2, 0.25) is 0 Å². The van der Waals surface area contributed by atoms with Gasteiger partial charge in [0.2, 0.25) is 0 Å². The Morgan fingerprint density at radius 3 is 2.76 bits per heavy atom. The van der Waals surface area contributed by atoms with Crippen LogP contribution >= 0.6 is 0 Å². The number of hydrogen-bond donors (Lipinski definition) is 2. The van der Waals surface area contributed by atoms with Crippen molar-refractivity contribution in [3.63, 3.8) is 0 Å². The molecule has 5 nitrogen and oxygen atoms in total. The first-order chi connectivity index (χ1) is 10.0. The Morgan fingerprint density at radius 1 is 1.33 bits per heavy atom. The van der Waals surface area contributed by atoms with Crippen LogP contribution in [0.1, 0.15) is 5.56 Å². The van der Waals surface area contributed by atoms with Crippen molar-refractivity contribution >= 4 is 15.7 Å². The summed E-state index contributed by atoms with van der Waals surface area (Å²) >= 11 is 0. The fourth-order valence-corrected chi connectivity index (χ4v) is 2.69. The van der Waals surface area contributed by atoms with Gasteiger partial charge in [-0.25, -0.2) is 12.8 Å². The topological polar surface area (TPSA) is 85.1 Å². The van der Waals surface area contributed by atoms with E-state index in [2.05, 4.69) is 21.5 Å². The number of nitrogens with one attached hydrogen (secondary N) is 1. The van der Waals surface area contributed by atoms with Crippen molar-refractivity contribution in [1.82, 2.24) is 4.98 Å². The molecule has 1 heterocycles. The smallest absolute Gasteiger partial charge is 0.264 e. The highest BCUT2D eigenvalue weighted by molar-refractivity contribution is 7.92. The fourth-order valence-electron chi connectivity index (χ4n) is 1.58. The lowest BCUT2D eigenvalue weighted by Crippen LogP contribution is -2.14. The van der Waals surface area contributed by atoms with Gasteiger partial charge in [-0.1, -0.05) is 11.8 Å². The summed E-state index contributed by atoms with van der Waals surface area (Å²) in [6.07, 6.45) is 2.83. The van der Waals surface area contributed by atoms with Gasteiger partial charge < -0.3 is 5.73 Å². The van der Waals surface area contributed by atoms with Gasteiger partial charge in [0.15, 0.2) is 0 Å². The molecule has 1 aromatic heterocycles. The van der Waals surface area contributed by atoms with E-state index in [-0.39, 0.29) is 12.2 Å². The maximum absolute atomic E-state index is 13.9. The van der Waals surface area contributed by atoms with Crippen LogP contribution in [0.4, 0.5) is 10.1 Å². The highest BCUT2D eigenvalue weighted by atomic mass is 32.2. The van der Waals surface area contributed by atoms with Crippen LogP contribution in [0, 0.1) is 17.7 Å². The zero-order chi connectivity index (χ0) is 15.3. The first-order valence-corrected chi connectivity index (χ1v) is 7.42. The van der Waals surface area contributed by atoms with Crippen LogP contribution < -0.4 is 10.5 Å². The number of aromatic nitrogens is 1. The summed E-state index contributed by atoms with van der Waals surface area (Å²) in [7, 11) is -4.02. The number of nitrogens with zero attached hydrogens (tertiary/aromatic N) is 1. The Labute approximate surface area is 122 Å². The molecule has 0 atom stereocenters. The SMILES string of the molecule is NCC#Cc1ccc(S(=O)(=O)Nc2cccnc2)c(F)c1. The first-order valence-electron chi connectivity index (χ1n) is 5.94. The highest BCUT2D eigenvalue weighted by Gasteiger charge is 2.19. The Balaban J connectivity index is 2.32. The number of sulfonamides is 1. The third-order valence-corrected chi connectivity index (χ3v) is 3.88. The van der Waals surface area contributed by atoms with E-state index in [9.17, 15) is 12.8 Å². The summed E-state index contributed by atoms with van der Waals surface area (Å²) in [6, 6.07) is 6.72. The second-order valence-electron chi connectivity index (χ2n) is 4.00. The predicted molar refractivity (Wildman–Crippen MR) is 77.4 cm³/mol. The average Bonchev–Trinajstić information content (AvgIpc) is 2.45. The van der Waals surface area contributed by atoms with E-state index in [0.717, 1.165) is 12.1 Å². The Bertz CT molecular complexity index is 796. The average molecular weight is 305 g/mol. The molecule has 0 amide bonds. The van der Waals surface area contributed by atoms with Crippen molar-refractivity contribution in [2.45, 2.75) is 4.90 Å². The lowest BCUT2D eigenvalue weighted by molar-refractivity contribution is 0.570. The van der Waals surface area contributed by atoms with E-state index < -0.39 is 20.7 Å². The first kappa shape index (κ1) is 15.0. The van der Waals surface area contributed by atoms with Gasteiger partial charge >= 0.3 is 0 Å². The number of halogens is 1. The van der Waals surface area contributed by atoms with Gasteiger partial charge in [0, 0.05) is 11.8 Å². The number of nitrogens with two attached hydrogens (primary N) is 1. The van der Waals surface area contributed by atoms with Crippen molar-refractivity contribution in [3.05, 3.63) is 54.1 Å². The minimum atomic E-state index is -4.02. The molecule has 0 saturated carbocycles. The number of pyridine rings is 1. The summed E-state index contributed by atoms with van der Waals surface area (Å²) in [5.74, 6) is 4.32. The number of anilines is 1. The van der Waals surface area contributed by atoms with Crippen LogP contribution in [0.3, 0.4) is 0 Å². The Morgan fingerprint density at radius 2 is 2.14 bits per heavy atom. The molecule has 1 aromatic carbocycles. The van der Waals surface area contributed by atoms with E-state index >= 15 is 0 Å². The van der Waals surface area contributed by atoms with Crippen molar-refractivity contribution in [2.75, 3.05) is 11.3 Å². The van der Waals surface area contributed by atoms with Crippen LogP contribution in [0.5, 0.6) is 0 Å². The third-order valence-electron chi connectivity index (χ3n) is 2.47. The van der Waals surface area contributed by atoms with Gasteiger partial charge in [-0.3, -0.25) is 9.71 Å². The molecule has 3 N–H and O–H groups in total. The van der Waals surface area contributed by atoms with E-state index in [1.54, 1.807) is 6.07 Å². The molecule has 2 rings (SSSR count). The molecule has 0 aliphatic rings. The molecule has 108 valence electrons. The van der Waals surface area contributed by atoms with Crippen LogP contribution in [0.25, 0.3) is 0 Å². The summed E-state index contributed by atoms with van der Waals surface area (Å²) in [5.41, 5.74) is 5.83. The molecular weight excluding hydrogens is 293 g/mol. The van der Waals surface area contributed by atoms with Gasteiger partial charge in [-0.2, -0.15) is 0 Å². The fraction of sp³-hybridized carbons (Fsp3) is 0.0714. The van der Waals surface area contributed by atoms with Crippen LogP contribution in [-0.2, 0) is 10.0 Å². The van der Waals surface area contributed by atoms with Crippen LogP contribution in [0.15, 0.2) is 47.6 Å². The van der Waals surface area contributed by atoms with Crippen molar-refractivity contribution < 1.29 is 12.8 Å². The summed E-state index contributed by atoms with van der Waals surface area (Å²) in [5, 5.41) is 0. The molecule has 0 spiro atoms. The molecule has 0 unspecified atom stereocenters. The molecule has 0 aliphatic carbocycles. The molecule has 2 aromatic rings. The van der Waals surface area contributed by atoms with E-state index in [0.29, 0.717) is 5.56 Å². The summed E-state index contributed by atoms with van der Waals surface area (Å²) < 4.78 is 40.4. The number of benzene rings is 1. The van der Waals surface area contributed by atoms with Crippen molar-refractivity contribution in [1.29, 1.82) is 0 Å². The van der Waals surface area contributed by atoms with E-state index in [1.165, 1.54) is 24.5 Å². The monoisotopic (exact) mass is 305 g/mol. The molecular formula is C14H12FN3O2S. The molecule has 0 radical (unpaired) electrons. The number of hydrogen-bond acceptors (Lipinski definition) is 4. The second kappa shape index (κ2) is 6.35. The lowest BCUT2D eigenvalue weighted by atomic mass is 10.2. The Kier molecular flexibility index (Phi) is 4.52. The van der Waals surface area contributed by atoms with Gasteiger partial charge in [-0.05, 0) is 30.3 Å². The quantitative estimate of drug-likeness (QED) is 0.838. The molecule has 21 heavy (non-hydrogen) atoms. The zero-order valence-electron chi connectivity index (χ0n) is 10.9. The van der Waals surface area contributed by atoms with E-state index in [1.807, 2.05) is 0 Å². The highest BCUT2D eigenvalue weighted by Crippen LogP contribution is 2.19. The molecule has 0 fully saturated rings. The third kappa shape index (κ3) is 3.78. The van der Waals surface area contributed by atoms with Gasteiger partial charge in [-0.15, -0.1) is 0 Å². The van der Waals surface area contributed by atoms with Gasteiger partial charge in [0.25, 0.3) is 10.0 Å². The summed E-state index contributed by atoms with van der Waals surface area (Å²) in [4.78, 5) is 3.33. The van der Waals surface area contributed by atoms with Crippen LogP contribution in [-0.4, -0.2) is 19.9 Å². The largest absolute Gasteiger partial charge is 0.320 e. The van der Waals surface area contributed by atoms with Gasteiger partial charge in [0.1, 0.15) is 10.7 Å². The summed E-state index contributed by atoms with van der Waals surface area (Å²) in [6.45, 7) is 0.143. The maximum Gasteiger partial charge on any atom is 0.264 e. The second-order valence-corrected chi connectivity index (χ2v) is 5.65. The molecule has 7 heteroatoms. The van der Waals surface area contributed by atoms with E-state index in [4.69, 9.17) is 5.73 Å². The standard InChI is InChI=1S/C14H12FN3O2S/c15-13-9-11(3-1-7-16)5-6-14(13)21(19,20)18-12-4-2-8-17-10-12/h2,4-6,8-10,18H,7,16H2. The van der Waals surface area contributed by atoms with Gasteiger partial charge in [0.05, 0.1) is 18.4 Å². The van der Waals surface area contributed by atoms with Crippen molar-refractivity contribution in [3.8, 4) is 11.8 Å². The predicted octanol–water partition coefficient (Wildman–Crippen LogP) is 1.33. The molecule has 0 bridgehead atoms. The maximum atomic E-state index is 13.9. The van der Waals surface area contributed by atoms with Crippen molar-refractivity contribution in [2.24, 2.45) is 5.73 Å². The zero-order valence-corrected chi connectivity index (χ0v) is 11.7. The Hall–Kier alpha value is -2.43. The minimum absolute atomic E-state index is 0.143. The minimum Gasteiger partial charge on any atom is -0.320 e. The molecule has 0 aliphatic heterocycles.